The van der Waals surface area contributed by atoms with Gasteiger partial charge in [-0.15, -0.1) is 11.3 Å². The Labute approximate surface area is 191 Å². The van der Waals surface area contributed by atoms with E-state index in [0.29, 0.717) is 48.3 Å². The van der Waals surface area contributed by atoms with E-state index in [1.165, 1.54) is 11.3 Å². The van der Waals surface area contributed by atoms with Gasteiger partial charge in [0.05, 0.1) is 33.9 Å². The quantitative estimate of drug-likeness (QED) is 0.229. The van der Waals surface area contributed by atoms with E-state index in [1.54, 1.807) is 25.3 Å². The van der Waals surface area contributed by atoms with Crippen LogP contribution in [-0.4, -0.2) is 17.1 Å². The normalized spacial score (nSPS) is 11.5. The Hall–Kier alpha value is -2.62. The summed E-state index contributed by atoms with van der Waals surface area (Å²) in [5, 5.41) is 14.3. The van der Waals surface area contributed by atoms with Crippen LogP contribution in [0.2, 0.25) is 15.2 Å². The van der Waals surface area contributed by atoms with E-state index in [2.05, 4.69) is 16.0 Å². The van der Waals surface area contributed by atoms with E-state index in [4.69, 9.17) is 39.5 Å². The standard InChI is InChI=1S/C22H12Cl3N3OS/c1-29-16-4-2-12-6-14(21(25)27-19(12)9-16)7-15(10-26)22-28-20(11-30-22)13-3-5-17(23)18(24)8-13/h2-9,11H,1H3/b15-7+. The number of hydrogen-bond donors (Lipinski definition) is 0. The lowest BCUT2D eigenvalue weighted by Crippen LogP contribution is -1.89. The van der Waals surface area contributed by atoms with Gasteiger partial charge in [0, 0.05) is 28.0 Å². The van der Waals surface area contributed by atoms with Gasteiger partial charge in [-0.1, -0.05) is 40.9 Å². The van der Waals surface area contributed by atoms with Gasteiger partial charge in [-0.2, -0.15) is 5.26 Å². The van der Waals surface area contributed by atoms with Crippen LogP contribution in [0.25, 0.3) is 33.8 Å². The van der Waals surface area contributed by atoms with E-state index in [0.717, 1.165) is 10.9 Å². The Morgan fingerprint density at radius 2 is 1.90 bits per heavy atom. The van der Waals surface area contributed by atoms with Crippen LogP contribution in [-0.2, 0) is 0 Å². The number of methoxy groups -OCH3 is 1. The van der Waals surface area contributed by atoms with E-state index < -0.39 is 0 Å². The molecule has 8 heteroatoms. The van der Waals surface area contributed by atoms with Gasteiger partial charge in [0.1, 0.15) is 22.0 Å². The monoisotopic (exact) mass is 471 g/mol. The van der Waals surface area contributed by atoms with Gasteiger partial charge in [0.2, 0.25) is 0 Å². The zero-order valence-corrected chi connectivity index (χ0v) is 18.6. The van der Waals surface area contributed by atoms with Crippen molar-refractivity contribution in [2.75, 3.05) is 7.11 Å². The van der Waals surface area contributed by atoms with Gasteiger partial charge in [-0.05, 0) is 36.4 Å². The van der Waals surface area contributed by atoms with Gasteiger partial charge in [-0.25, -0.2) is 9.97 Å². The topological polar surface area (TPSA) is 58.8 Å². The van der Waals surface area contributed by atoms with Crippen molar-refractivity contribution in [3.05, 3.63) is 73.6 Å². The summed E-state index contributed by atoms with van der Waals surface area (Å²) >= 11 is 19.8. The Morgan fingerprint density at radius 1 is 1.07 bits per heavy atom. The number of nitrogens with zero attached hydrogens (tertiary/aromatic N) is 3. The highest BCUT2D eigenvalue weighted by atomic mass is 35.5. The zero-order chi connectivity index (χ0) is 21.3. The summed E-state index contributed by atoms with van der Waals surface area (Å²) in [6.45, 7) is 0. The molecular weight excluding hydrogens is 461 g/mol. The van der Waals surface area contributed by atoms with Gasteiger partial charge in [-0.3, -0.25) is 0 Å². The van der Waals surface area contributed by atoms with E-state index in [-0.39, 0.29) is 0 Å². The van der Waals surface area contributed by atoms with Gasteiger partial charge in [0.25, 0.3) is 0 Å². The fourth-order valence-corrected chi connectivity index (χ4v) is 4.14. The van der Waals surface area contributed by atoms with Crippen LogP contribution in [0.3, 0.4) is 0 Å². The molecule has 0 aliphatic heterocycles. The molecule has 2 heterocycles. The lowest BCUT2D eigenvalue weighted by atomic mass is 10.1. The molecule has 2 aromatic carbocycles. The number of nitriles is 1. The molecule has 4 nitrogen and oxygen atoms in total. The van der Waals surface area contributed by atoms with Crippen LogP contribution in [0.15, 0.2) is 47.8 Å². The molecule has 2 aromatic heterocycles. The maximum Gasteiger partial charge on any atom is 0.137 e. The van der Waals surface area contributed by atoms with Crippen molar-refractivity contribution < 1.29 is 4.74 Å². The number of halogens is 3. The highest BCUT2D eigenvalue weighted by molar-refractivity contribution is 7.11. The van der Waals surface area contributed by atoms with Gasteiger partial charge >= 0.3 is 0 Å². The number of allylic oxidation sites excluding steroid dienone is 1. The Bertz CT molecular complexity index is 1340. The lowest BCUT2D eigenvalue weighted by Gasteiger charge is -2.05. The van der Waals surface area contributed by atoms with Crippen LogP contribution in [0.5, 0.6) is 5.75 Å². The van der Waals surface area contributed by atoms with E-state index >= 15 is 0 Å². The molecule has 4 aromatic rings. The second-order valence-electron chi connectivity index (χ2n) is 6.26. The average molecular weight is 473 g/mol. The lowest BCUT2D eigenvalue weighted by molar-refractivity contribution is 0.415. The number of rotatable bonds is 4. The molecule has 0 N–H and O–H groups in total. The second kappa shape index (κ2) is 8.63. The number of thiazole rings is 1. The summed E-state index contributed by atoms with van der Waals surface area (Å²) in [7, 11) is 1.60. The highest BCUT2D eigenvalue weighted by Gasteiger charge is 2.12. The van der Waals surface area contributed by atoms with Crippen molar-refractivity contribution in [1.29, 1.82) is 5.26 Å². The summed E-state index contributed by atoms with van der Waals surface area (Å²) < 4.78 is 5.22. The molecule has 0 unspecified atom stereocenters. The smallest absolute Gasteiger partial charge is 0.137 e. The number of aromatic nitrogens is 2. The molecule has 30 heavy (non-hydrogen) atoms. The Balaban J connectivity index is 1.72. The molecule has 0 fully saturated rings. The minimum atomic E-state index is 0.296. The maximum absolute atomic E-state index is 9.70. The molecule has 0 amide bonds. The van der Waals surface area contributed by atoms with Crippen LogP contribution >= 0.6 is 46.1 Å². The highest BCUT2D eigenvalue weighted by Crippen LogP contribution is 2.32. The summed E-state index contributed by atoms with van der Waals surface area (Å²) in [5.74, 6) is 0.699. The fraction of sp³-hybridized carbons (Fsp3) is 0.0455. The Kier molecular flexibility index (Phi) is 5.94. The van der Waals surface area contributed by atoms with E-state index in [9.17, 15) is 5.26 Å². The molecule has 0 atom stereocenters. The van der Waals surface area contributed by atoms with Crippen LogP contribution < -0.4 is 4.74 Å². The Morgan fingerprint density at radius 3 is 2.63 bits per heavy atom. The third-order valence-electron chi connectivity index (χ3n) is 4.38. The third kappa shape index (κ3) is 4.14. The first-order valence-electron chi connectivity index (χ1n) is 8.66. The summed E-state index contributed by atoms with van der Waals surface area (Å²) in [4.78, 5) is 9.00. The minimum Gasteiger partial charge on any atom is -0.497 e. The van der Waals surface area contributed by atoms with Crippen molar-refractivity contribution in [2.24, 2.45) is 0 Å². The largest absolute Gasteiger partial charge is 0.497 e. The predicted molar refractivity (Wildman–Crippen MR) is 124 cm³/mol. The third-order valence-corrected chi connectivity index (χ3v) is 6.29. The van der Waals surface area contributed by atoms with Crippen molar-refractivity contribution in [3.63, 3.8) is 0 Å². The summed E-state index contributed by atoms with van der Waals surface area (Å²) in [6, 6.07) is 14.9. The van der Waals surface area contributed by atoms with Crippen molar-refractivity contribution >= 4 is 68.7 Å². The molecule has 0 aliphatic carbocycles. The molecule has 0 aliphatic rings. The SMILES string of the molecule is COc1ccc2cc(/C=C(\C#N)c3nc(-c4ccc(Cl)c(Cl)c4)cs3)c(Cl)nc2c1. The molecule has 0 saturated heterocycles. The second-order valence-corrected chi connectivity index (χ2v) is 8.29. The fourth-order valence-electron chi connectivity index (χ4n) is 2.85. The number of ether oxygens (including phenoxy) is 1. The molecule has 0 spiro atoms. The average Bonchev–Trinajstić information content (AvgIpc) is 3.23. The van der Waals surface area contributed by atoms with E-state index in [1.807, 2.05) is 35.7 Å². The van der Waals surface area contributed by atoms with Crippen molar-refractivity contribution in [2.45, 2.75) is 0 Å². The van der Waals surface area contributed by atoms with Crippen LogP contribution in [0.4, 0.5) is 0 Å². The van der Waals surface area contributed by atoms with Crippen molar-refractivity contribution in [1.82, 2.24) is 9.97 Å². The first-order chi connectivity index (χ1) is 14.5. The van der Waals surface area contributed by atoms with Gasteiger partial charge < -0.3 is 4.74 Å². The molecule has 148 valence electrons. The van der Waals surface area contributed by atoms with Crippen LogP contribution in [0.1, 0.15) is 10.6 Å². The molecule has 0 saturated carbocycles. The number of hydrogen-bond acceptors (Lipinski definition) is 5. The minimum absolute atomic E-state index is 0.296. The summed E-state index contributed by atoms with van der Waals surface area (Å²) in [5.41, 5.74) is 3.28. The zero-order valence-electron chi connectivity index (χ0n) is 15.5. The molecule has 0 bridgehead atoms. The molecule has 4 rings (SSSR count). The number of pyridine rings is 1. The molecular formula is C22H12Cl3N3OS. The number of benzene rings is 2. The number of fused-ring (bicyclic) bond motifs is 1. The summed E-state index contributed by atoms with van der Waals surface area (Å²) in [6.07, 6.45) is 1.69. The first kappa shape index (κ1) is 20.6. The first-order valence-corrected chi connectivity index (χ1v) is 10.7. The predicted octanol–water partition coefficient (Wildman–Crippen LogP) is 7.39. The van der Waals surface area contributed by atoms with Gasteiger partial charge in [0.15, 0.2) is 0 Å². The van der Waals surface area contributed by atoms with Crippen molar-refractivity contribution in [3.8, 4) is 23.1 Å². The van der Waals surface area contributed by atoms with Crippen LogP contribution in [0, 0.1) is 11.3 Å². The maximum atomic E-state index is 9.70. The molecule has 0 radical (unpaired) electrons.